The molecule has 0 saturated heterocycles. The zero-order valence-electron chi connectivity index (χ0n) is 7.67. The summed E-state index contributed by atoms with van der Waals surface area (Å²) in [6.45, 7) is 0. The van der Waals surface area contributed by atoms with Crippen molar-refractivity contribution in [1.82, 2.24) is 0 Å². The van der Waals surface area contributed by atoms with E-state index in [0.29, 0.717) is 0 Å². The highest BCUT2D eigenvalue weighted by Gasteiger charge is 2.29. The molecule has 1 aromatic carbocycles. The molecule has 0 amide bonds. The average molecular weight is 239 g/mol. The number of anilines is 1. The molecule has 1 rings (SSSR count). The average Bonchev–Trinajstić information content (AvgIpc) is 1.99. The second-order valence-corrected chi connectivity index (χ2v) is 4.88. The summed E-state index contributed by atoms with van der Waals surface area (Å²) in [6.07, 6.45) is -3.80. The van der Waals surface area contributed by atoms with Crippen LogP contribution in [0.5, 0.6) is 0 Å². The predicted octanol–water partition coefficient (Wildman–Crippen LogP) is 2.02. The fraction of sp³-hybridized carbons (Fsp3) is 0.250. The van der Waals surface area contributed by atoms with Gasteiger partial charge in [0.25, 0.3) is 0 Å². The second kappa shape index (κ2) is 3.73. The molecule has 0 fully saturated rings. The van der Waals surface area contributed by atoms with E-state index in [1.54, 1.807) is 0 Å². The van der Waals surface area contributed by atoms with Crippen molar-refractivity contribution >= 4 is 15.5 Å². The Hall–Kier alpha value is -1.24. The fourth-order valence-corrected chi connectivity index (χ4v) is 1.89. The third-order valence-electron chi connectivity index (χ3n) is 1.56. The second-order valence-electron chi connectivity index (χ2n) is 2.89. The Morgan fingerprint density at radius 2 is 1.73 bits per heavy atom. The van der Waals surface area contributed by atoms with Gasteiger partial charge in [-0.15, -0.1) is 0 Å². The summed E-state index contributed by atoms with van der Waals surface area (Å²) in [5.74, 6) is 0. The van der Waals surface area contributed by atoms with E-state index in [1.807, 2.05) is 0 Å². The maximum Gasteiger partial charge on any atom is 0.482 e. The zero-order valence-corrected chi connectivity index (χ0v) is 8.48. The van der Waals surface area contributed by atoms with Gasteiger partial charge in [0.2, 0.25) is 0 Å². The van der Waals surface area contributed by atoms with Gasteiger partial charge in [0, 0.05) is 6.26 Å². The van der Waals surface area contributed by atoms with Crippen LogP contribution in [0, 0.1) is 0 Å². The zero-order chi connectivity index (χ0) is 11.7. The molecule has 7 heteroatoms. The van der Waals surface area contributed by atoms with Crippen molar-refractivity contribution in [2.24, 2.45) is 0 Å². The van der Waals surface area contributed by atoms with Gasteiger partial charge in [-0.1, -0.05) is 12.1 Å². The maximum absolute atomic E-state index is 12.0. The molecule has 0 radical (unpaired) electrons. The first-order chi connectivity index (χ1) is 6.70. The Labute approximate surface area is 84.8 Å². The molecule has 3 nitrogen and oxygen atoms in total. The number of nitrogens with one attached hydrogen (secondary N) is 1. The first kappa shape index (κ1) is 11.8. The summed E-state index contributed by atoms with van der Waals surface area (Å²) in [4.78, 5) is -0.373. The van der Waals surface area contributed by atoms with E-state index >= 15 is 0 Å². The highest BCUT2D eigenvalue weighted by molar-refractivity contribution is 7.90. The van der Waals surface area contributed by atoms with E-state index in [4.69, 9.17) is 0 Å². The van der Waals surface area contributed by atoms with Gasteiger partial charge in [-0.3, -0.25) is 5.32 Å². The van der Waals surface area contributed by atoms with Crippen molar-refractivity contribution in [2.45, 2.75) is 11.2 Å². The number of halogens is 3. The van der Waals surface area contributed by atoms with Crippen LogP contribution in [0.3, 0.4) is 0 Å². The molecule has 0 heterocycles. The van der Waals surface area contributed by atoms with Gasteiger partial charge >= 0.3 is 6.30 Å². The number of hydrogen-bond donors (Lipinski definition) is 1. The molecule has 0 bridgehead atoms. The Morgan fingerprint density at radius 1 is 1.20 bits per heavy atom. The van der Waals surface area contributed by atoms with Gasteiger partial charge in [-0.05, 0) is 12.1 Å². The summed E-state index contributed by atoms with van der Waals surface area (Å²) >= 11 is 0. The first-order valence-electron chi connectivity index (χ1n) is 3.84. The molecule has 0 unspecified atom stereocenters. The van der Waals surface area contributed by atoms with Crippen LogP contribution in [0.4, 0.5) is 18.9 Å². The number of para-hydroxylation sites is 1. The molecule has 0 aliphatic rings. The number of benzene rings is 1. The van der Waals surface area contributed by atoms with Gasteiger partial charge in [-0.2, -0.15) is 13.2 Å². The lowest BCUT2D eigenvalue weighted by atomic mass is 10.3. The Bertz CT molecular complexity index is 453. The molecule has 0 atom stereocenters. The van der Waals surface area contributed by atoms with Gasteiger partial charge in [0.1, 0.15) is 0 Å². The van der Waals surface area contributed by atoms with Crippen LogP contribution in [0.2, 0.25) is 0 Å². The van der Waals surface area contributed by atoms with E-state index in [1.165, 1.54) is 17.4 Å². The molecular formula is C8H8F3NO2S. The Morgan fingerprint density at radius 3 is 2.20 bits per heavy atom. The molecular weight excluding hydrogens is 231 g/mol. The molecule has 0 saturated carbocycles. The molecule has 15 heavy (non-hydrogen) atoms. The van der Waals surface area contributed by atoms with Crippen molar-refractivity contribution in [3.8, 4) is 0 Å². The quantitative estimate of drug-likeness (QED) is 0.803. The highest BCUT2D eigenvalue weighted by Crippen LogP contribution is 2.26. The monoisotopic (exact) mass is 239 g/mol. The normalized spacial score (nSPS) is 12.5. The third kappa shape index (κ3) is 3.43. The minimum Gasteiger partial charge on any atom is -0.296 e. The van der Waals surface area contributed by atoms with Crippen molar-refractivity contribution < 1.29 is 21.6 Å². The summed E-state index contributed by atoms with van der Waals surface area (Å²) in [5, 5.41) is 1.18. The third-order valence-corrected chi connectivity index (χ3v) is 2.72. The standard InChI is InChI=1S/C8H8F3NO2S/c1-15(13,14)7-5-3-2-4-6(7)12-8(9,10)11/h2-5,12H,1H3. The number of sulfone groups is 1. The van der Waals surface area contributed by atoms with E-state index in [2.05, 4.69) is 0 Å². The van der Waals surface area contributed by atoms with Crippen LogP contribution in [-0.4, -0.2) is 21.0 Å². The van der Waals surface area contributed by atoms with E-state index in [0.717, 1.165) is 18.4 Å². The summed E-state index contributed by atoms with van der Waals surface area (Å²) in [5.41, 5.74) is -0.465. The maximum atomic E-state index is 12.0. The number of alkyl halides is 3. The smallest absolute Gasteiger partial charge is 0.296 e. The van der Waals surface area contributed by atoms with Crippen molar-refractivity contribution in [3.63, 3.8) is 0 Å². The topological polar surface area (TPSA) is 46.2 Å². The van der Waals surface area contributed by atoms with Crippen LogP contribution < -0.4 is 5.32 Å². The van der Waals surface area contributed by atoms with Gasteiger partial charge in [0.15, 0.2) is 9.84 Å². The molecule has 0 aliphatic carbocycles. The van der Waals surface area contributed by atoms with E-state index in [-0.39, 0.29) is 4.90 Å². The number of rotatable bonds is 2. The van der Waals surface area contributed by atoms with Gasteiger partial charge < -0.3 is 0 Å². The summed E-state index contributed by atoms with van der Waals surface area (Å²) < 4.78 is 58.3. The lowest BCUT2D eigenvalue weighted by Gasteiger charge is -2.12. The Balaban J connectivity index is 3.20. The number of hydrogen-bond acceptors (Lipinski definition) is 3. The van der Waals surface area contributed by atoms with Crippen LogP contribution in [0.25, 0.3) is 0 Å². The lowest BCUT2D eigenvalue weighted by molar-refractivity contribution is -0.100. The van der Waals surface area contributed by atoms with Crippen LogP contribution in [0.15, 0.2) is 29.2 Å². The van der Waals surface area contributed by atoms with Gasteiger partial charge in [0.05, 0.1) is 10.6 Å². The molecule has 0 spiro atoms. The highest BCUT2D eigenvalue weighted by atomic mass is 32.2. The van der Waals surface area contributed by atoms with Crippen molar-refractivity contribution in [2.75, 3.05) is 11.6 Å². The minimum atomic E-state index is -4.65. The Kier molecular flexibility index (Phi) is 2.94. The summed E-state index contributed by atoms with van der Waals surface area (Å²) in [6, 6.07) is 4.86. The molecule has 1 aromatic rings. The SMILES string of the molecule is CS(=O)(=O)c1ccccc1NC(F)(F)F. The first-order valence-corrected chi connectivity index (χ1v) is 5.73. The van der Waals surface area contributed by atoms with Crippen LogP contribution >= 0.6 is 0 Å². The van der Waals surface area contributed by atoms with E-state index in [9.17, 15) is 21.6 Å². The fourth-order valence-electron chi connectivity index (χ4n) is 1.05. The molecule has 84 valence electrons. The largest absolute Gasteiger partial charge is 0.482 e. The van der Waals surface area contributed by atoms with Crippen molar-refractivity contribution in [3.05, 3.63) is 24.3 Å². The lowest BCUT2D eigenvalue weighted by Crippen LogP contribution is -2.22. The van der Waals surface area contributed by atoms with Crippen molar-refractivity contribution in [1.29, 1.82) is 0 Å². The van der Waals surface area contributed by atoms with Crippen LogP contribution in [-0.2, 0) is 9.84 Å². The van der Waals surface area contributed by atoms with Crippen LogP contribution in [0.1, 0.15) is 0 Å². The van der Waals surface area contributed by atoms with Gasteiger partial charge in [-0.25, -0.2) is 8.42 Å². The molecule has 0 aromatic heterocycles. The predicted molar refractivity (Wildman–Crippen MR) is 49.2 cm³/mol. The minimum absolute atomic E-state index is 0.373. The molecule has 0 aliphatic heterocycles. The summed E-state index contributed by atoms with van der Waals surface area (Å²) in [7, 11) is -3.67. The molecule has 1 N–H and O–H groups in total. The van der Waals surface area contributed by atoms with E-state index < -0.39 is 21.8 Å².